The molecule has 2 rings (SSSR count). The predicted molar refractivity (Wildman–Crippen MR) is 84.2 cm³/mol. The van der Waals surface area contributed by atoms with Gasteiger partial charge in [0.15, 0.2) is 0 Å². The lowest BCUT2D eigenvalue weighted by atomic mass is 9.96. The zero-order chi connectivity index (χ0) is 14.4. The van der Waals surface area contributed by atoms with Crippen molar-refractivity contribution in [3.63, 3.8) is 0 Å². The number of benzene rings is 1. The van der Waals surface area contributed by atoms with Crippen molar-refractivity contribution in [2.24, 2.45) is 0 Å². The molecule has 1 aromatic carbocycles. The molecule has 3 heteroatoms. The molecule has 0 unspecified atom stereocenters. The van der Waals surface area contributed by atoms with Crippen molar-refractivity contribution in [3.05, 3.63) is 29.3 Å². The molecule has 0 bridgehead atoms. The maximum atomic E-state index is 10.3. The summed E-state index contributed by atoms with van der Waals surface area (Å²) in [6.45, 7) is 8.52. The topological polar surface area (TPSA) is 35.5 Å². The molecular weight excluding hydrogens is 248 g/mol. The summed E-state index contributed by atoms with van der Waals surface area (Å²) in [7, 11) is 0. The van der Waals surface area contributed by atoms with Gasteiger partial charge in [0, 0.05) is 37.8 Å². The minimum Gasteiger partial charge on any atom is -0.508 e. The summed E-state index contributed by atoms with van der Waals surface area (Å²) in [6.07, 6.45) is 4.90. The average Bonchev–Trinajstić information content (AvgIpc) is 2.46. The second-order valence-corrected chi connectivity index (χ2v) is 5.86. The molecule has 1 aliphatic heterocycles. The lowest BCUT2D eigenvalue weighted by molar-refractivity contribution is 0.160. The molecule has 3 nitrogen and oxygen atoms in total. The Balaban J connectivity index is 2.15. The van der Waals surface area contributed by atoms with Crippen molar-refractivity contribution < 1.29 is 5.11 Å². The van der Waals surface area contributed by atoms with Gasteiger partial charge in [-0.3, -0.25) is 4.90 Å². The normalized spacial score (nSPS) is 18.1. The van der Waals surface area contributed by atoms with Crippen molar-refractivity contribution >= 4 is 0 Å². The highest BCUT2D eigenvalue weighted by molar-refractivity contribution is 5.38. The lowest BCUT2D eigenvalue weighted by Crippen LogP contribution is -2.45. The van der Waals surface area contributed by atoms with Crippen LogP contribution in [0.15, 0.2) is 18.2 Å². The van der Waals surface area contributed by atoms with Crippen LogP contribution in [0, 0.1) is 6.92 Å². The Bertz CT molecular complexity index is 413. The first-order chi connectivity index (χ1) is 9.72. The van der Waals surface area contributed by atoms with E-state index in [1.54, 1.807) is 0 Å². The lowest BCUT2D eigenvalue weighted by Gasteiger charge is -2.35. The van der Waals surface area contributed by atoms with E-state index in [0.717, 1.165) is 43.7 Å². The number of rotatable bonds is 6. The highest BCUT2D eigenvalue weighted by Gasteiger charge is 2.23. The van der Waals surface area contributed by atoms with Crippen molar-refractivity contribution in [1.29, 1.82) is 0 Å². The number of hydrogen-bond donors (Lipinski definition) is 2. The minimum atomic E-state index is 0.365. The average molecular weight is 276 g/mol. The summed E-state index contributed by atoms with van der Waals surface area (Å²) >= 11 is 0. The fourth-order valence-corrected chi connectivity index (χ4v) is 3.05. The number of aromatic hydroxyl groups is 1. The molecule has 20 heavy (non-hydrogen) atoms. The predicted octanol–water partition coefficient (Wildman–Crippen LogP) is 3.23. The van der Waals surface area contributed by atoms with E-state index in [0.29, 0.717) is 11.8 Å². The molecule has 0 saturated carbocycles. The Hall–Kier alpha value is -1.06. The number of unbranched alkanes of at least 4 members (excludes halogenated alkanes) is 2. The van der Waals surface area contributed by atoms with Gasteiger partial charge in [-0.2, -0.15) is 0 Å². The van der Waals surface area contributed by atoms with E-state index < -0.39 is 0 Å². The molecule has 0 radical (unpaired) electrons. The fourth-order valence-electron chi connectivity index (χ4n) is 3.05. The smallest absolute Gasteiger partial charge is 0.120 e. The first kappa shape index (κ1) is 15.3. The molecular formula is C17H28N2O. The summed E-state index contributed by atoms with van der Waals surface area (Å²) in [5.41, 5.74) is 2.23. The fraction of sp³-hybridized carbons (Fsp3) is 0.647. The second-order valence-electron chi connectivity index (χ2n) is 5.86. The number of aryl methyl sites for hydroxylation is 1. The highest BCUT2D eigenvalue weighted by atomic mass is 16.3. The Morgan fingerprint density at radius 3 is 2.65 bits per heavy atom. The molecule has 1 aliphatic rings. The Labute approximate surface area is 123 Å². The third-order valence-corrected chi connectivity index (χ3v) is 4.22. The summed E-state index contributed by atoms with van der Waals surface area (Å²) in [6, 6.07) is 6.49. The van der Waals surface area contributed by atoms with Gasteiger partial charge in [0.1, 0.15) is 5.75 Å². The van der Waals surface area contributed by atoms with Gasteiger partial charge in [0.25, 0.3) is 0 Å². The zero-order valence-corrected chi connectivity index (χ0v) is 12.9. The van der Waals surface area contributed by atoms with Gasteiger partial charge in [-0.05, 0) is 25.0 Å². The molecule has 0 amide bonds. The first-order valence-electron chi connectivity index (χ1n) is 7.96. The van der Waals surface area contributed by atoms with E-state index >= 15 is 0 Å². The number of nitrogens with one attached hydrogen (secondary N) is 1. The van der Waals surface area contributed by atoms with Gasteiger partial charge in [0.05, 0.1) is 0 Å². The van der Waals surface area contributed by atoms with Gasteiger partial charge in [-0.25, -0.2) is 0 Å². The Kier molecular flexibility index (Phi) is 5.86. The summed E-state index contributed by atoms with van der Waals surface area (Å²) in [5.74, 6) is 0.463. The van der Waals surface area contributed by atoms with Gasteiger partial charge in [-0.15, -0.1) is 0 Å². The standard InChI is InChI=1S/C17H28N2O/c1-3-4-5-6-16(19-11-9-18-10-12-19)15-8-7-14(2)13-17(15)20/h7-8,13,16,18,20H,3-6,9-12H2,1-2H3/t16-/m0/s1. The molecule has 0 spiro atoms. The second kappa shape index (κ2) is 7.65. The number of hydrogen-bond acceptors (Lipinski definition) is 3. The molecule has 2 N–H and O–H groups in total. The summed E-state index contributed by atoms with van der Waals surface area (Å²) in [5, 5.41) is 13.7. The largest absolute Gasteiger partial charge is 0.508 e. The van der Waals surface area contributed by atoms with E-state index in [2.05, 4.69) is 29.3 Å². The minimum absolute atomic E-state index is 0.365. The van der Waals surface area contributed by atoms with Crippen LogP contribution in [0.4, 0.5) is 0 Å². The molecule has 0 aliphatic carbocycles. The molecule has 1 atom stereocenters. The number of phenols is 1. The summed E-state index contributed by atoms with van der Waals surface area (Å²) in [4.78, 5) is 2.52. The third kappa shape index (κ3) is 3.97. The first-order valence-corrected chi connectivity index (χ1v) is 7.96. The molecule has 1 aromatic rings. The molecule has 112 valence electrons. The van der Waals surface area contributed by atoms with Crippen molar-refractivity contribution in [2.45, 2.75) is 45.6 Å². The summed E-state index contributed by atoms with van der Waals surface area (Å²) < 4.78 is 0. The third-order valence-electron chi connectivity index (χ3n) is 4.22. The van der Waals surface area contributed by atoms with Gasteiger partial charge >= 0.3 is 0 Å². The zero-order valence-electron chi connectivity index (χ0n) is 12.9. The SMILES string of the molecule is CCCCC[C@@H](c1ccc(C)cc1O)N1CCNCC1. The van der Waals surface area contributed by atoms with E-state index in [1.807, 2.05) is 13.0 Å². The van der Waals surface area contributed by atoms with Gasteiger partial charge in [-0.1, -0.05) is 38.3 Å². The van der Waals surface area contributed by atoms with Crippen LogP contribution in [0.5, 0.6) is 5.75 Å². The van der Waals surface area contributed by atoms with Crippen LogP contribution >= 0.6 is 0 Å². The van der Waals surface area contributed by atoms with Gasteiger partial charge in [0.2, 0.25) is 0 Å². The molecule has 1 saturated heterocycles. The molecule has 0 aromatic heterocycles. The van der Waals surface area contributed by atoms with E-state index in [1.165, 1.54) is 19.3 Å². The van der Waals surface area contributed by atoms with Crippen LogP contribution in [-0.2, 0) is 0 Å². The Morgan fingerprint density at radius 1 is 1.25 bits per heavy atom. The van der Waals surface area contributed by atoms with Gasteiger partial charge < -0.3 is 10.4 Å². The molecule has 1 heterocycles. The monoisotopic (exact) mass is 276 g/mol. The van der Waals surface area contributed by atoms with Crippen LogP contribution in [0.25, 0.3) is 0 Å². The van der Waals surface area contributed by atoms with Crippen molar-refractivity contribution in [2.75, 3.05) is 26.2 Å². The maximum absolute atomic E-state index is 10.3. The van der Waals surface area contributed by atoms with Crippen LogP contribution in [-0.4, -0.2) is 36.2 Å². The quantitative estimate of drug-likeness (QED) is 0.783. The van der Waals surface area contributed by atoms with Crippen molar-refractivity contribution in [3.8, 4) is 5.75 Å². The number of nitrogens with zero attached hydrogens (tertiary/aromatic N) is 1. The van der Waals surface area contributed by atoms with Crippen LogP contribution < -0.4 is 5.32 Å². The van der Waals surface area contributed by atoms with Crippen LogP contribution in [0.3, 0.4) is 0 Å². The highest BCUT2D eigenvalue weighted by Crippen LogP contribution is 2.33. The maximum Gasteiger partial charge on any atom is 0.120 e. The van der Waals surface area contributed by atoms with E-state index in [-0.39, 0.29) is 0 Å². The number of piperazine rings is 1. The van der Waals surface area contributed by atoms with Crippen LogP contribution in [0.1, 0.15) is 49.8 Å². The van der Waals surface area contributed by atoms with E-state index in [9.17, 15) is 5.11 Å². The van der Waals surface area contributed by atoms with Crippen molar-refractivity contribution in [1.82, 2.24) is 10.2 Å². The number of phenolic OH excluding ortho intramolecular Hbond substituents is 1. The Morgan fingerprint density at radius 2 is 2.00 bits per heavy atom. The van der Waals surface area contributed by atoms with Crippen LogP contribution in [0.2, 0.25) is 0 Å². The molecule has 1 fully saturated rings. The van der Waals surface area contributed by atoms with E-state index in [4.69, 9.17) is 0 Å².